The first-order valence-electron chi connectivity index (χ1n) is 7.81. The van der Waals surface area contributed by atoms with Gasteiger partial charge in [0.2, 0.25) is 5.95 Å². The molecule has 0 saturated carbocycles. The van der Waals surface area contributed by atoms with E-state index in [-0.39, 0.29) is 0 Å². The number of aromatic nitrogens is 2. The molecule has 3 aromatic rings. The average Bonchev–Trinajstić information content (AvgIpc) is 2.68. The van der Waals surface area contributed by atoms with Crippen LogP contribution < -0.4 is 14.8 Å². The minimum absolute atomic E-state index is 0.465. The predicted octanol–water partition coefficient (Wildman–Crippen LogP) is 4.51. The zero-order valence-corrected chi connectivity index (χ0v) is 14.5. The van der Waals surface area contributed by atoms with Gasteiger partial charge >= 0.3 is 0 Å². The Bertz CT molecular complexity index is 808. The Morgan fingerprint density at radius 1 is 1.00 bits per heavy atom. The first-order valence-corrected chi connectivity index (χ1v) is 8.35. The Kier molecular flexibility index (Phi) is 5.69. The van der Waals surface area contributed by atoms with Gasteiger partial charge < -0.3 is 14.8 Å². The zero-order chi connectivity index (χ0) is 17.5. The number of nitrogens with one attached hydrogen (secondary N) is 1. The smallest absolute Gasteiger partial charge is 0.227 e. The standard InChI is InChI=1S/C19H18ClN3O2/c1-24-18-5-3-2-4-17(18)14-12-21-19(22-13-14)23-15-6-8-16(9-7-15)25-11-10-20/h2-9,12-13H,10-11H2,1H3,(H,21,22,23). The molecule has 0 aliphatic carbocycles. The summed E-state index contributed by atoms with van der Waals surface area (Å²) in [6.45, 7) is 0.488. The highest BCUT2D eigenvalue weighted by Crippen LogP contribution is 2.29. The Labute approximate surface area is 151 Å². The molecule has 0 atom stereocenters. The number of methoxy groups -OCH3 is 1. The number of rotatable bonds is 7. The number of halogens is 1. The molecule has 1 heterocycles. The Balaban J connectivity index is 1.70. The SMILES string of the molecule is COc1ccccc1-c1cnc(Nc2ccc(OCCCl)cc2)nc1. The maximum atomic E-state index is 5.60. The summed E-state index contributed by atoms with van der Waals surface area (Å²) in [5.41, 5.74) is 2.73. The van der Waals surface area contributed by atoms with Crippen molar-refractivity contribution in [3.05, 3.63) is 60.9 Å². The number of anilines is 2. The summed E-state index contributed by atoms with van der Waals surface area (Å²) in [7, 11) is 1.65. The van der Waals surface area contributed by atoms with Gasteiger partial charge in [0.15, 0.2) is 0 Å². The summed E-state index contributed by atoms with van der Waals surface area (Å²) in [6, 6.07) is 15.3. The van der Waals surface area contributed by atoms with E-state index in [0.717, 1.165) is 28.3 Å². The summed E-state index contributed by atoms with van der Waals surface area (Å²) < 4.78 is 10.8. The van der Waals surface area contributed by atoms with Crippen LogP contribution in [0.5, 0.6) is 11.5 Å². The first kappa shape index (κ1) is 17.0. The molecule has 0 saturated heterocycles. The summed E-state index contributed by atoms with van der Waals surface area (Å²) in [5.74, 6) is 2.55. The van der Waals surface area contributed by atoms with Crippen LogP contribution in [0.25, 0.3) is 11.1 Å². The van der Waals surface area contributed by atoms with Crippen LogP contribution in [0.1, 0.15) is 0 Å². The summed E-state index contributed by atoms with van der Waals surface area (Å²) >= 11 is 5.60. The second-order valence-corrected chi connectivity index (χ2v) is 5.56. The van der Waals surface area contributed by atoms with Gasteiger partial charge in [0, 0.05) is 29.2 Å². The van der Waals surface area contributed by atoms with E-state index in [9.17, 15) is 0 Å². The van der Waals surface area contributed by atoms with Crippen molar-refractivity contribution < 1.29 is 9.47 Å². The Morgan fingerprint density at radius 2 is 1.72 bits per heavy atom. The maximum absolute atomic E-state index is 5.60. The molecule has 0 spiro atoms. The fourth-order valence-corrected chi connectivity index (χ4v) is 2.41. The highest BCUT2D eigenvalue weighted by molar-refractivity contribution is 6.18. The largest absolute Gasteiger partial charge is 0.496 e. The number of ether oxygens (including phenoxy) is 2. The number of hydrogen-bond donors (Lipinski definition) is 1. The minimum atomic E-state index is 0.465. The quantitative estimate of drug-likeness (QED) is 0.632. The molecule has 0 unspecified atom stereocenters. The van der Waals surface area contributed by atoms with E-state index in [4.69, 9.17) is 21.1 Å². The minimum Gasteiger partial charge on any atom is -0.496 e. The van der Waals surface area contributed by atoms with Crippen LogP contribution in [0.3, 0.4) is 0 Å². The summed E-state index contributed by atoms with van der Waals surface area (Å²) in [6.07, 6.45) is 3.54. The van der Waals surface area contributed by atoms with E-state index in [2.05, 4.69) is 15.3 Å². The average molecular weight is 356 g/mol. The normalized spacial score (nSPS) is 10.3. The molecule has 5 nitrogen and oxygen atoms in total. The lowest BCUT2D eigenvalue weighted by Gasteiger charge is -2.09. The zero-order valence-electron chi connectivity index (χ0n) is 13.8. The summed E-state index contributed by atoms with van der Waals surface area (Å²) in [5, 5.41) is 3.16. The van der Waals surface area contributed by atoms with Crippen LogP contribution in [0.15, 0.2) is 60.9 Å². The topological polar surface area (TPSA) is 56.3 Å². The van der Waals surface area contributed by atoms with E-state index in [1.54, 1.807) is 19.5 Å². The van der Waals surface area contributed by atoms with Crippen molar-refractivity contribution in [2.75, 3.05) is 24.9 Å². The molecule has 3 rings (SSSR count). The van der Waals surface area contributed by atoms with Crippen molar-refractivity contribution in [1.29, 1.82) is 0 Å². The predicted molar refractivity (Wildman–Crippen MR) is 100.0 cm³/mol. The number of alkyl halides is 1. The van der Waals surface area contributed by atoms with Gasteiger partial charge in [-0.3, -0.25) is 0 Å². The number of nitrogens with zero attached hydrogens (tertiary/aromatic N) is 2. The number of para-hydroxylation sites is 1. The molecular formula is C19H18ClN3O2. The van der Waals surface area contributed by atoms with Crippen molar-refractivity contribution in [1.82, 2.24) is 9.97 Å². The summed E-state index contributed by atoms with van der Waals surface area (Å²) in [4.78, 5) is 8.74. The molecule has 0 fully saturated rings. The molecule has 1 aromatic heterocycles. The second-order valence-electron chi connectivity index (χ2n) is 5.18. The van der Waals surface area contributed by atoms with Crippen molar-refractivity contribution >= 4 is 23.2 Å². The molecule has 0 bridgehead atoms. The fraction of sp³-hybridized carbons (Fsp3) is 0.158. The van der Waals surface area contributed by atoms with E-state index in [0.29, 0.717) is 18.4 Å². The van der Waals surface area contributed by atoms with Crippen molar-refractivity contribution in [3.63, 3.8) is 0 Å². The molecule has 0 aliphatic heterocycles. The van der Waals surface area contributed by atoms with Crippen LogP contribution in [0, 0.1) is 0 Å². The van der Waals surface area contributed by atoms with Gasteiger partial charge in [-0.2, -0.15) is 0 Å². The van der Waals surface area contributed by atoms with Crippen LogP contribution in [0.2, 0.25) is 0 Å². The van der Waals surface area contributed by atoms with Crippen LogP contribution in [-0.4, -0.2) is 29.6 Å². The van der Waals surface area contributed by atoms with Crippen molar-refractivity contribution in [2.45, 2.75) is 0 Å². The van der Waals surface area contributed by atoms with Gasteiger partial charge in [-0.25, -0.2) is 9.97 Å². The molecule has 25 heavy (non-hydrogen) atoms. The van der Waals surface area contributed by atoms with Gasteiger partial charge in [-0.15, -0.1) is 11.6 Å². The molecule has 2 aromatic carbocycles. The van der Waals surface area contributed by atoms with E-state index >= 15 is 0 Å². The van der Waals surface area contributed by atoms with Gasteiger partial charge in [-0.1, -0.05) is 18.2 Å². The first-order chi connectivity index (χ1) is 12.3. The van der Waals surface area contributed by atoms with E-state index in [1.165, 1.54) is 0 Å². The maximum Gasteiger partial charge on any atom is 0.227 e. The lowest BCUT2D eigenvalue weighted by atomic mass is 10.1. The molecular weight excluding hydrogens is 338 g/mol. The van der Waals surface area contributed by atoms with Gasteiger partial charge in [-0.05, 0) is 30.3 Å². The van der Waals surface area contributed by atoms with Gasteiger partial charge in [0.05, 0.1) is 13.0 Å². The molecule has 1 N–H and O–H groups in total. The van der Waals surface area contributed by atoms with Crippen molar-refractivity contribution in [3.8, 4) is 22.6 Å². The monoisotopic (exact) mass is 355 g/mol. The highest BCUT2D eigenvalue weighted by atomic mass is 35.5. The lowest BCUT2D eigenvalue weighted by molar-refractivity contribution is 0.343. The molecule has 6 heteroatoms. The number of benzene rings is 2. The highest BCUT2D eigenvalue weighted by Gasteiger charge is 2.06. The van der Waals surface area contributed by atoms with Crippen LogP contribution in [-0.2, 0) is 0 Å². The van der Waals surface area contributed by atoms with Crippen LogP contribution >= 0.6 is 11.6 Å². The Hall–Kier alpha value is -2.79. The molecule has 0 aliphatic rings. The van der Waals surface area contributed by atoms with Crippen molar-refractivity contribution in [2.24, 2.45) is 0 Å². The van der Waals surface area contributed by atoms with E-state index < -0.39 is 0 Å². The third-order valence-corrected chi connectivity index (χ3v) is 3.68. The third-order valence-electron chi connectivity index (χ3n) is 3.53. The van der Waals surface area contributed by atoms with E-state index in [1.807, 2.05) is 48.5 Å². The van der Waals surface area contributed by atoms with Gasteiger partial charge in [0.1, 0.15) is 18.1 Å². The lowest BCUT2D eigenvalue weighted by Crippen LogP contribution is -1.99. The molecule has 0 amide bonds. The fourth-order valence-electron chi connectivity index (χ4n) is 2.33. The van der Waals surface area contributed by atoms with Crippen LogP contribution in [0.4, 0.5) is 11.6 Å². The molecule has 0 radical (unpaired) electrons. The molecule has 128 valence electrons. The second kappa shape index (κ2) is 8.35. The Morgan fingerprint density at radius 3 is 2.40 bits per heavy atom. The van der Waals surface area contributed by atoms with Gasteiger partial charge in [0.25, 0.3) is 0 Å². The third kappa shape index (κ3) is 4.39. The number of hydrogen-bond acceptors (Lipinski definition) is 5.